The zero-order chi connectivity index (χ0) is 13.0. The van der Waals surface area contributed by atoms with Gasteiger partial charge in [0.1, 0.15) is 0 Å². The normalized spacial score (nSPS) is 17.8. The number of rotatable bonds is 4. The molecule has 1 amide bonds. The zero-order valence-electron chi connectivity index (χ0n) is 10.5. The van der Waals surface area contributed by atoms with Gasteiger partial charge in [-0.2, -0.15) is 0 Å². The molecule has 3 N–H and O–H groups in total. The van der Waals surface area contributed by atoms with E-state index in [9.17, 15) is 4.79 Å². The Labute approximate surface area is 107 Å². The highest BCUT2D eigenvalue weighted by Crippen LogP contribution is 2.18. The first-order valence-electron chi connectivity index (χ1n) is 6.39. The fourth-order valence-corrected chi connectivity index (χ4v) is 2.38. The number of amides is 1. The van der Waals surface area contributed by atoms with Crippen LogP contribution >= 0.6 is 0 Å². The first kappa shape index (κ1) is 13.1. The number of hydrogen-bond donors (Lipinski definition) is 2. The summed E-state index contributed by atoms with van der Waals surface area (Å²) in [7, 11) is 0. The van der Waals surface area contributed by atoms with E-state index in [-0.39, 0.29) is 18.4 Å². The van der Waals surface area contributed by atoms with E-state index in [4.69, 9.17) is 10.8 Å². The maximum Gasteiger partial charge on any atom is 0.220 e. The predicted molar refractivity (Wildman–Crippen MR) is 69.6 cm³/mol. The van der Waals surface area contributed by atoms with Gasteiger partial charge in [0, 0.05) is 12.5 Å². The van der Waals surface area contributed by atoms with Gasteiger partial charge in [0.05, 0.1) is 6.61 Å². The Bertz CT molecular complexity index is 395. The van der Waals surface area contributed by atoms with Gasteiger partial charge in [0.25, 0.3) is 0 Å². The average molecular weight is 248 g/mol. The summed E-state index contributed by atoms with van der Waals surface area (Å²) in [6.45, 7) is 2.84. The van der Waals surface area contributed by atoms with Crippen LogP contribution in [0, 0.1) is 5.92 Å². The zero-order valence-corrected chi connectivity index (χ0v) is 10.5. The van der Waals surface area contributed by atoms with Crippen LogP contribution in [0.1, 0.15) is 24.0 Å². The van der Waals surface area contributed by atoms with E-state index in [0.717, 1.165) is 38.0 Å². The highest BCUT2D eigenvalue weighted by atomic mass is 16.3. The Kier molecular flexibility index (Phi) is 4.33. The molecule has 1 saturated heterocycles. The number of carbonyl (C=O) groups excluding carboxylic acids is 1. The van der Waals surface area contributed by atoms with Crippen LogP contribution in [-0.2, 0) is 17.9 Å². The molecule has 0 unspecified atom stereocenters. The fraction of sp³-hybridized carbons (Fsp3) is 0.500. The Morgan fingerprint density at radius 3 is 2.28 bits per heavy atom. The number of carbonyl (C=O) groups is 1. The summed E-state index contributed by atoms with van der Waals surface area (Å²) < 4.78 is 0. The maximum absolute atomic E-state index is 11.1. The van der Waals surface area contributed by atoms with Crippen LogP contribution in [0.25, 0.3) is 0 Å². The van der Waals surface area contributed by atoms with Gasteiger partial charge in [-0.3, -0.25) is 9.69 Å². The van der Waals surface area contributed by atoms with Crippen molar-refractivity contribution in [3.63, 3.8) is 0 Å². The second-order valence-electron chi connectivity index (χ2n) is 4.93. The van der Waals surface area contributed by atoms with Gasteiger partial charge >= 0.3 is 0 Å². The van der Waals surface area contributed by atoms with E-state index in [1.54, 1.807) is 0 Å². The molecule has 4 nitrogen and oxygen atoms in total. The van der Waals surface area contributed by atoms with Crippen molar-refractivity contribution in [3.05, 3.63) is 35.4 Å². The number of benzene rings is 1. The summed E-state index contributed by atoms with van der Waals surface area (Å²) in [6, 6.07) is 7.99. The van der Waals surface area contributed by atoms with Crippen molar-refractivity contribution in [2.75, 3.05) is 13.1 Å². The number of likely N-dealkylation sites (tertiary alicyclic amines) is 1. The first-order valence-corrected chi connectivity index (χ1v) is 6.39. The highest BCUT2D eigenvalue weighted by Gasteiger charge is 2.22. The highest BCUT2D eigenvalue weighted by molar-refractivity contribution is 5.76. The first-order chi connectivity index (χ1) is 8.69. The summed E-state index contributed by atoms with van der Waals surface area (Å²) in [5.41, 5.74) is 7.49. The van der Waals surface area contributed by atoms with Crippen molar-refractivity contribution in [1.82, 2.24) is 4.90 Å². The smallest absolute Gasteiger partial charge is 0.220 e. The lowest BCUT2D eigenvalue weighted by atomic mass is 9.96. The van der Waals surface area contributed by atoms with E-state index in [1.165, 1.54) is 5.56 Å². The molecule has 4 heteroatoms. The molecule has 0 aromatic heterocycles. The fourth-order valence-electron chi connectivity index (χ4n) is 2.38. The quantitative estimate of drug-likeness (QED) is 0.831. The van der Waals surface area contributed by atoms with Gasteiger partial charge < -0.3 is 10.8 Å². The van der Waals surface area contributed by atoms with E-state index in [1.807, 2.05) is 24.3 Å². The summed E-state index contributed by atoms with van der Waals surface area (Å²) in [6.07, 6.45) is 1.73. The molecule has 2 rings (SSSR count). The molecule has 1 aliphatic heterocycles. The molecule has 1 fully saturated rings. The largest absolute Gasteiger partial charge is 0.392 e. The minimum absolute atomic E-state index is 0.0537. The van der Waals surface area contributed by atoms with Crippen LogP contribution in [0.5, 0.6) is 0 Å². The van der Waals surface area contributed by atoms with Crippen molar-refractivity contribution in [3.8, 4) is 0 Å². The van der Waals surface area contributed by atoms with Crippen LogP contribution in [0.3, 0.4) is 0 Å². The molecule has 0 spiro atoms. The minimum Gasteiger partial charge on any atom is -0.392 e. The molecule has 0 bridgehead atoms. The standard InChI is InChI=1S/C14H20N2O2/c15-14(18)13-5-7-16(8-6-13)9-11-1-3-12(10-17)4-2-11/h1-4,13,17H,5-10H2,(H2,15,18). The Balaban J connectivity index is 1.85. The SMILES string of the molecule is NC(=O)C1CCN(Cc2ccc(CO)cc2)CC1. The third-order valence-corrected chi connectivity index (χ3v) is 3.60. The lowest BCUT2D eigenvalue weighted by molar-refractivity contribution is -0.123. The van der Waals surface area contributed by atoms with Crippen LogP contribution in [0.4, 0.5) is 0 Å². The molecular weight excluding hydrogens is 228 g/mol. The Hall–Kier alpha value is -1.39. The molecule has 0 atom stereocenters. The minimum atomic E-state index is -0.165. The van der Waals surface area contributed by atoms with Crippen molar-refractivity contribution in [1.29, 1.82) is 0 Å². The molecule has 0 radical (unpaired) electrons. The van der Waals surface area contributed by atoms with Gasteiger partial charge in [-0.15, -0.1) is 0 Å². The third-order valence-electron chi connectivity index (χ3n) is 3.60. The number of primary amides is 1. The number of aliphatic hydroxyl groups excluding tert-OH is 1. The molecular formula is C14H20N2O2. The second kappa shape index (κ2) is 5.98. The van der Waals surface area contributed by atoms with Crippen molar-refractivity contribution in [2.45, 2.75) is 26.0 Å². The molecule has 1 heterocycles. The number of nitrogens with zero attached hydrogens (tertiary/aromatic N) is 1. The van der Waals surface area contributed by atoms with Crippen molar-refractivity contribution < 1.29 is 9.90 Å². The Morgan fingerprint density at radius 2 is 1.78 bits per heavy atom. The van der Waals surface area contributed by atoms with Crippen LogP contribution in [0.2, 0.25) is 0 Å². The van der Waals surface area contributed by atoms with Crippen molar-refractivity contribution >= 4 is 5.91 Å². The van der Waals surface area contributed by atoms with E-state index in [2.05, 4.69) is 4.90 Å². The number of aliphatic hydroxyl groups is 1. The molecule has 18 heavy (non-hydrogen) atoms. The van der Waals surface area contributed by atoms with Gasteiger partial charge in [-0.05, 0) is 37.1 Å². The topological polar surface area (TPSA) is 66.6 Å². The summed E-state index contributed by atoms with van der Waals surface area (Å²) in [4.78, 5) is 13.4. The van der Waals surface area contributed by atoms with E-state index in [0.29, 0.717) is 0 Å². The van der Waals surface area contributed by atoms with Gasteiger partial charge in [-0.1, -0.05) is 24.3 Å². The third kappa shape index (κ3) is 3.31. The molecule has 0 aliphatic carbocycles. The molecule has 1 aliphatic rings. The molecule has 98 valence electrons. The van der Waals surface area contributed by atoms with Crippen LogP contribution in [0.15, 0.2) is 24.3 Å². The maximum atomic E-state index is 11.1. The van der Waals surface area contributed by atoms with E-state index < -0.39 is 0 Å². The monoisotopic (exact) mass is 248 g/mol. The van der Waals surface area contributed by atoms with Crippen LogP contribution in [-0.4, -0.2) is 29.0 Å². The lowest BCUT2D eigenvalue weighted by Gasteiger charge is -2.30. The van der Waals surface area contributed by atoms with Gasteiger partial charge in [0.2, 0.25) is 5.91 Å². The lowest BCUT2D eigenvalue weighted by Crippen LogP contribution is -2.38. The number of hydrogen-bond acceptors (Lipinski definition) is 3. The van der Waals surface area contributed by atoms with Gasteiger partial charge in [0.15, 0.2) is 0 Å². The number of piperidine rings is 1. The predicted octanol–water partition coefficient (Wildman–Crippen LogP) is 0.876. The second-order valence-corrected chi connectivity index (χ2v) is 4.93. The number of nitrogens with two attached hydrogens (primary N) is 1. The molecule has 1 aromatic rings. The van der Waals surface area contributed by atoms with Gasteiger partial charge in [-0.25, -0.2) is 0 Å². The van der Waals surface area contributed by atoms with E-state index >= 15 is 0 Å². The summed E-state index contributed by atoms with van der Waals surface area (Å²) in [5, 5.41) is 8.98. The summed E-state index contributed by atoms with van der Waals surface area (Å²) >= 11 is 0. The Morgan fingerprint density at radius 1 is 1.22 bits per heavy atom. The molecule has 0 saturated carbocycles. The summed E-state index contributed by atoms with van der Waals surface area (Å²) in [5.74, 6) is -0.111. The van der Waals surface area contributed by atoms with Crippen molar-refractivity contribution in [2.24, 2.45) is 11.7 Å². The molecule has 1 aromatic carbocycles. The average Bonchev–Trinajstić information content (AvgIpc) is 2.40. The van der Waals surface area contributed by atoms with Crippen LogP contribution < -0.4 is 5.73 Å².